The molecule has 0 amide bonds. The van der Waals surface area contributed by atoms with Gasteiger partial charge in [0.15, 0.2) is 0 Å². The minimum absolute atomic E-state index is 1.05. The molecule has 112 valence electrons. The van der Waals surface area contributed by atoms with E-state index in [0.29, 0.717) is 0 Å². The Labute approximate surface area is 128 Å². The van der Waals surface area contributed by atoms with Crippen LogP contribution in [0.15, 0.2) is 34.0 Å². The largest absolute Gasteiger partial charge is 0.359 e. The Morgan fingerprint density at radius 1 is 1.05 bits per heavy atom. The minimum Gasteiger partial charge on any atom is -0.359 e. The van der Waals surface area contributed by atoms with Gasteiger partial charge in [-0.15, -0.1) is 0 Å². The summed E-state index contributed by atoms with van der Waals surface area (Å²) in [4.78, 5) is 8.12. The van der Waals surface area contributed by atoms with E-state index in [1.807, 2.05) is 0 Å². The molecule has 0 unspecified atom stereocenters. The van der Waals surface area contributed by atoms with Crippen molar-refractivity contribution < 1.29 is 0 Å². The lowest BCUT2D eigenvalue weighted by molar-refractivity contribution is 1.08. The molecule has 0 bridgehead atoms. The lowest BCUT2D eigenvalue weighted by atomic mass is 10.0. The fraction of sp³-hybridized carbons (Fsp3) is 0.421. The van der Waals surface area contributed by atoms with Gasteiger partial charge < -0.3 is 4.98 Å². The quantitative estimate of drug-likeness (QED) is 0.777. The molecule has 2 nitrogen and oxygen atoms in total. The van der Waals surface area contributed by atoms with Crippen molar-refractivity contribution >= 4 is 11.8 Å². The van der Waals surface area contributed by atoms with Gasteiger partial charge in [-0.3, -0.25) is 4.99 Å². The number of nitrogens with one attached hydrogen (secondary N) is 1. The van der Waals surface area contributed by atoms with Crippen molar-refractivity contribution in [3.63, 3.8) is 0 Å². The molecular weight excluding hydrogens is 256 g/mol. The Balaban J connectivity index is 2.25. The summed E-state index contributed by atoms with van der Waals surface area (Å²) in [6.07, 6.45) is 8.50. The second-order valence-corrected chi connectivity index (χ2v) is 5.69. The third-order valence-corrected chi connectivity index (χ3v) is 4.42. The van der Waals surface area contributed by atoms with Gasteiger partial charge in [0.2, 0.25) is 0 Å². The topological polar surface area (TPSA) is 28.1 Å². The van der Waals surface area contributed by atoms with Crippen LogP contribution >= 0.6 is 0 Å². The number of rotatable bonds is 4. The Bertz CT molecular complexity index is 664. The third-order valence-electron chi connectivity index (χ3n) is 4.42. The summed E-state index contributed by atoms with van der Waals surface area (Å²) >= 11 is 0. The van der Waals surface area contributed by atoms with Gasteiger partial charge in [-0.2, -0.15) is 0 Å². The molecule has 2 heteroatoms. The summed E-state index contributed by atoms with van der Waals surface area (Å²) < 4.78 is 0. The van der Waals surface area contributed by atoms with Crippen molar-refractivity contribution in [3.8, 4) is 0 Å². The fourth-order valence-corrected chi connectivity index (χ4v) is 3.19. The lowest BCUT2D eigenvalue weighted by Crippen LogP contribution is -1.91. The van der Waals surface area contributed by atoms with Crippen LogP contribution in [0.2, 0.25) is 0 Å². The number of aliphatic imine (C=N–C) groups is 1. The van der Waals surface area contributed by atoms with Crippen LogP contribution in [-0.4, -0.2) is 10.7 Å². The molecule has 0 saturated carbocycles. The molecule has 1 aliphatic heterocycles. The SMILES string of the molecule is CCC1=C(C)/C(=C\C=C\c2[nH]c(C)c(CC)c2C)N=C1C. The van der Waals surface area contributed by atoms with Gasteiger partial charge in [0.05, 0.1) is 5.70 Å². The van der Waals surface area contributed by atoms with Gasteiger partial charge in [-0.1, -0.05) is 19.9 Å². The van der Waals surface area contributed by atoms with E-state index in [1.54, 1.807) is 0 Å². The van der Waals surface area contributed by atoms with Crippen LogP contribution in [0.5, 0.6) is 0 Å². The predicted molar refractivity (Wildman–Crippen MR) is 92.9 cm³/mol. The van der Waals surface area contributed by atoms with E-state index in [-0.39, 0.29) is 0 Å². The third kappa shape index (κ3) is 2.94. The average Bonchev–Trinajstić information content (AvgIpc) is 2.87. The lowest BCUT2D eigenvalue weighted by Gasteiger charge is -1.98. The van der Waals surface area contributed by atoms with Crippen LogP contribution in [0.25, 0.3) is 6.08 Å². The molecule has 1 aliphatic rings. The van der Waals surface area contributed by atoms with Crippen molar-refractivity contribution in [1.82, 2.24) is 4.98 Å². The first kappa shape index (κ1) is 15.6. The highest BCUT2D eigenvalue weighted by Crippen LogP contribution is 2.27. The first-order chi connectivity index (χ1) is 9.99. The zero-order valence-electron chi connectivity index (χ0n) is 14.1. The summed E-state index contributed by atoms with van der Waals surface area (Å²) in [7, 11) is 0. The summed E-state index contributed by atoms with van der Waals surface area (Å²) in [5.74, 6) is 0. The van der Waals surface area contributed by atoms with E-state index in [2.05, 4.69) is 69.7 Å². The molecule has 1 aromatic heterocycles. The molecule has 0 fully saturated rings. The van der Waals surface area contributed by atoms with Crippen LogP contribution in [0.1, 0.15) is 56.6 Å². The van der Waals surface area contributed by atoms with Gasteiger partial charge in [-0.25, -0.2) is 0 Å². The standard InChI is InChI=1S/C19H26N2/c1-7-16-12(3)18(20-14(16)5)10-9-11-19-13(4)17(8-2)15(6)21-19/h9-11,20H,7-8H2,1-6H3/b10-9+,19-11+. The van der Waals surface area contributed by atoms with Crippen molar-refractivity contribution in [3.05, 3.63) is 51.5 Å². The first-order valence-corrected chi connectivity index (χ1v) is 7.81. The van der Waals surface area contributed by atoms with Gasteiger partial charge in [0.1, 0.15) is 0 Å². The highest BCUT2D eigenvalue weighted by molar-refractivity contribution is 6.03. The Morgan fingerprint density at radius 3 is 2.29 bits per heavy atom. The molecule has 21 heavy (non-hydrogen) atoms. The summed E-state index contributed by atoms with van der Waals surface area (Å²) in [5, 5.41) is 0. The van der Waals surface area contributed by atoms with E-state index in [9.17, 15) is 0 Å². The minimum atomic E-state index is 1.05. The number of H-pyrrole nitrogens is 1. The molecule has 0 aromatic carbocycles. The summed E-state index contributed by atoms with van der Waals surface area (Å²) in [5.41, 5.74) is 10.2. The monoisotopic (exact) mass is 282 g/mol. The second-order valence-electron chi connectivity index (χ2n) is 5.69. The number of hydrogen-bond donors (Lipinski definition) is 1. The smallest absolute Gasteiger partial charge is 0.0665 e. The van der Waals surface area contributed by atoms with Gasteiger partial charge >= 0.3 is 0 Å². The molecule has 0 atom stereocenters. The van der Waals surface area contributed by atoms with E-state index in [0.717, 1.165) is 24.3 Å². The maximum absolute atomic E-state index is 4.66. The fourth-order valence-electron chi connectivity index (χ4n) is 3.19. The van der Waals surface area contributed by atoms with E-state index in [1.165, 1.54) is 33.7 Å². The number of aryl methyl sites for hydroxylation is 1. The predicted octanol–water partition coefficient (Wildman–Crippen LogP) is 5.29. The molecule has 0 saturated heterocycles. The van der Waals surface area contributed by atoms with Crippen molar-refractivity contribution in [2.24, 2.45) is 4.99 Å². The van der Waals surface area contributed by atoms with Crippen LogP contribution in [0, 0.1) is 13.8 Å². The Morgan fingerprint density at radius 2 is 1.76 bits per heavy atom. The highest BCUT2D eigenvalue weighted by Gasteiger charge is 2.14. The maximum atomic E-state index is 4.66. The number of hydrogen-bond acceptors (Lipinski definition) is 1. The van der Waals surface area contributed by atoms with Crippen molar-refractivity contribution in [1.29, 1.82) is 0 Å². The summed E-state index contributed by atoms with van der Waals surface area (Å²) in [6.45, 7) is 13.0. The second kappa shape index (κ2) is 6.30. The highest BCUT2D eigenvalue weighted by atomic mass is 14.8. The zero-order chi connectivity index (χ0) is 15.6. The van der Waals surface area contributed by atoms with Crippen molar-refractivity contribution in [2.75, 3.05) is 0 Å². The maximum Gasteiger partial charge on any atom is 0.0665 e. The van der Waals surface area contributed by atoms with E-state index < -0.39 is 0 Å². The number of allylic oxidation sites excluding steroid dienone is 4. The number of aromatic amines is 1. The van der Waals surface area contributed by atoms with Crippen LogP contribution in [-0.2, 0) is 6.42 Å². The van der Waals surface area contributed by atoms with Gasteiger partial charge in [-0.05, 0) is 75.0 Å². The molecular formula is C19H26N2. The van der Waals surface area contributed by atoms with Gasteiger partial charge in [0.25, 0.3) is 0 Å². The van der Waals surface area contributed by atoms with Crippen LogP contribution in [0.3, 0.4) is 0 Å². The van der Waals surface area contributed by atoms with Crippen molar-refractivity contribution in [2.45, 2.75) is 54.4 Å². The molecule has 2 rings (SSSR count). The molecule has 1 aromatic rings. The molecule has 0 aliphatic carbocycles. The summed E-state index contributed by atoms with van der Waals surface area (Å²) in [6, 6.07) is 0. The molecule has 0 radical (unpaired) electrons. The normalized spacial score (nSPS) is 17.4. The van der Waals surface area contributed by atoms with Gasteiger partial charge in [0, 0.05) is 17.1 Å². The van der Waals surface area contributed by atoms with E-state index >= 15 is 0 Å². The first-order valence-electron chi connectivity index (χ1n) is 7.81. The molecule has 0 spiro atoms. The Kier molecular flexibility index (Phi) is 4.66. The van der Waals surface area contributed by atoms with E-state index in [4.69, 9.17) is 0 Å². The molecule has 1 N–H and O–H groups in total. The zero-order valence-corrected chi connectivity index (χ0v) is 14.1. The Hall–Kier alpha value is -1.83. The van der Waals surface area contributed by atoms with Crippen LogP contribution < -0.4 is 0 Å². The van der Waals surface area contributed by atoms with Crippen LogP contribution in [0.4, 0.5) is 0 Å². The number of aromatic nitrogens is 1. The molecule has 2 heterocycles. The number of nitrogens with zero attached hydrogens (tertiary/aromatic N) is 1. The average molecular weight is 282 g/mol.